The summed E-state index contributed by atoms with van der Waals surface area (Å²) < 4.78 is 16.9. The van der Waals surface area contributed by atoms with Crippen LogP contribution in [0.15, 0.2) is 65.6 Å². The quantitative estimate of drug-likeness (QED) is 0.253. The fraction of sp³-hybridized carbons (Fsp3) is 0.154. The smallest absolute Gasteiger partial charge is 0.293 e. The number of halogens is 3. The molecule has 6 nitrogen and oxygen atoms in total. The first-order chi connectivity index (χ1) is 17.4. The van der Waals surface area contributed by atoms with Crippen molar-refractivity contribution < 1.29 is 23.8 Å². The van der Waals surface area contributed by atoms with Gasteiger partial charge in [0.15, 0.2) is 11.5 Å². The second-order valence-corrected chi connectivity index (χ2v) is 9.79. The van der Waals surface area contributed by atoms with Crippen LogP contribution in [0.3, 0.4) is 0 Å². The summed E-state index contributed by atoms with van der Waals surface area (Å²) in [6.07, 6.45) is 1.64. The lowest BCUT2D eigenvalue weighted by Gasteiger charge is -2.14. The average molecular weight is 565 g/mol. The molecule has 0 unspecified atom stereocenters. The fourth-order valence-electron chi connectivity index (χ4n) is 3.34. The van der Waals surface area contributed by atoms with Crippen molar-refractivity contribution in [3.8, 4) is 17.2 Å². The van der Waals surface area contributed by atoms with Crippen molar-refractivity contribution in [3.63, 3.8) is 0 Å². The molecule has 1 saturated heterocycles. The molecule has 4 rings (SSSR count). The van der Waals surface area contributed by atoms with Crippen LogP contribution in [0, 0.1) is 0 Å². The van der Waals surface area contributed by atoms with Gasteiger partial charge in [0.1, 0.15) is 19.0 Å². The number of carbonyl (C=O) groups is 2. The van der Waals surface area contributed by atoms with E-state index in [1.807, 2.05) is 0 Å². The van der Waals surface area contributed by atoms with Gasteiger partial charge in [0.05, 0.1) is 23.6 Å². The minimum atomic E-state index is -0.390. The molecule has 3 aromatic rings. The molecule has 3 aromatic carbocycles. The molecule has 1 fully saturated rings. The predicted octanol–water partition coefficient (Wildman–Crippen LogP) is 7.35. The summed E-state index contributed by atoms with van der Waals surface area (Å²) >= 11 is 19.1. The second kappa shape index (κ2) is 11.9. The number of hydrogen-bond acceptors (Lipinski definition) is 6. The zero-order valence-electron chi connectivity index (χ0n) is 19.0. The Morgan fingerprint density at radius 3 is 2.44 bits per heavy atom. The third-order valence-corrected chi connectivity index (χ3v) is 6.97. The highest BCUT2D eigenvalue weighted by Crippen LogP contribution is 2.35. The summed E-state index contributed by atoms with van der Waals surface area (Å²) in [5, 5.41) is 1.12. The Balaban J connectivity index is 1.44. The van der Waals surface area contributed by atoms with Crippen LogP contribution in [0.1, 0.15) is 11.1 Å². The highest BCUT2D eigenvalue weighted by Gasteiger charge is 2.34. The van der Waals surface area contributed by atoms with Gasteiger partial charge in [0, 0.05) is 15.6 Å². The van der Waals surface area contributed by atoms with Gasteiger partial charge in [0.2, 0.25) is 0 Å². The molecule has 186 valence electrons. The maximum Gasteiger partial charge on any atom is 0.293 e. The number of hydrogen-bond donors (Lipinski definition) is 0. The first-order valence-electron chi connectivity index (χ1n) is 10.7. The van der Waals surface area contributed by atoms with Crippen LogP contribution in [0.25, 0.3) is 6.08 Å². The molecule has 36 heavy (non-hydrogen) atoms. The molecule has 0 atom stereocenters. The number of rotatable bonds is 9. The number of ether oxygens (including phenoxy) is 3. The molecule has 1 aliphatic rings. The van der Waals surface area contributed by atoms with Crippen LogP contribution in [-0.4, -0.2) is 36.3 Å². The summed E-state index contributed by atoms with van der Waals surface area (Å²) in [5.74, 6) is 1.08. The van der Waals surface area contributed by atoms with Crippen LogP contribution in [0.4, 0.5) is 4.79 Å². The number of benzene rings is 3. The normalized spacial score (nSPS) is 14.4. The third kappa shape index (κ3) is 6.28. The van der Waals surface area contributed by atoms with E-state index >= 15 is 0 Å². The Morgan fingerprint density at radius 1 is 0.889 bits per heavy atom. The maximum absolute atomic E-state index is 12.9. The van der Waals surface area contributed by atoms with Crippen LogP contribution < -0.4 is 14.2 Å². The van der Waals surface area contributed by atoms with Crippen LogP contribution in [-0.2, 0) is 11.4 Å². The predicted molar refractivity (Wildman–Crippen MR) is 143 cm³/mol. The van der Waals surface area contributed by atoms with Gasteiger partial charge in [-0.25, -0.2) is 0 Å². The standard InChI is InChI=1S/C26H20Cl3NO5S/c1-33-22-9-6-16(12-23(22)35-15-17-7-8-18(27)14-20(17)29)13-24-25(31)30(26(32)36-24)10-11-34-21-5-3-2-4-19(21)28/h2-9,12-14H,10-11,15H2,1H3/b24-13-. The number of para-hydroxylation sites is 1. The number of thioether (sulfide) groups is 1. The highest BCUT2D eigenvalue weighted by molar-refractivity contribution is 8.18. The topological polar surface area (TPSA) is 65.1 Å². The number of imide groups is 1. The van der Waals surface area contributed by atoms with Gasteiger partial charge in [-0.3, -0.25) is 14.5 Å². The minimum Gasteiger partial charge on any atom is -0.493 e. The Kier molecular flexibility index (Phi) is 8.69. The molecule has 1 aliphatic heterocycles. The van der Waals surface area contributed by atoms with E-state index < -0.39 is 0 Å². The molecule has 0 bridgehead atoms. The molecule has 0 aliphatic carbocycles. The van der Waals surface area contributed by atoms with E-state index in [2.05, 4.69) is 0 Å². The molecular weight excluding hydrogens is 545 g/mol. The molecule has 0 aromatic heterocycles. The van der Waals surface area contributed by atoms with Gasteiger partial charge in [0.25, 0.3) is 11.1 Å². The molecule has 0 spiro atoms. The zero-order chi connectivity index (χ0) is 25.7. The Labute approximate surface area is 227 Å². The highest BCUT2D eigenvalue weighted by atomic mass is 35.5. The molecule has 0 radical (unpaired) electrons. The van der Waals surface area contributed by atoms with Crippen molar-refractivity contribution in [2.75, 3.05) is 20.3 Å². The largest absolute Gasteiger partial charge is 0.493 e. The summed E-state index contributed by atoms with van der Waals surface area (Å²) in [4.78, 5) is 26.8. The number of nitrogens with zero attached hydrogens (tertiary/aromatic N) is 1. The molecule has 2 amide bonds. The van der Waals surface area contributed by atoms with Crippen molar-refractivity contribution in [1.29, 1.82) is 0 Å². The monoisotopic (exact) mass is 563 g/mol. The summed E-state index contributed by atoms with van der Waals surface area (Å²) in [6, 6.07) is 17.4. The van der Waals surface area contributed by atoms with Gasteiger partial charge in [-0.15, -0.1) is 0 Å². The SMILES string of the molecule is COc1ccc(/C=C2\SC(=O)N(CCOc3ccccc3Cl)C2=O)cc1OCc1ccc(Cl)cc1Cl. The van der Waals surface area contributed by atoms with E-state index in [9.17, 15) is 9.59 Å². The maximum atomic E-state index is 12.9. The van der Waals surface area contributed by atoms with Crippen LogP contribution >= 0.6 is 46.6 Å². The Bertz CT molecular complexity index is 1330. The number of amides is 2. The minimum absolute atomic E-state index is 0.103. The van der Waals surface area contributed by atoms with Crippen molar-refractivity contribution in [2.24, 2.45) is 0 Å². The molecule has 0 N–H and O–H groups in total. The van der Waals surface area contributed by atoms with Gasteiger partial charge in [-0.1, -0.05) is 59.1 Å². The van der Waals surface area contributed by atoms with Crippen LogP contribution in [0.2, 0.25) is 15.1 Å². The number of carbonyl (C=O) groups excluding carboxylic acids is 2. The first kappa shape index (κ1) is 26.2. The summed E-state index contributed by atoms with van der Waals surface area (Å²) in [7, 11) is 1.53. The van der Waals surface area contributed by atoms with Crippen LogP contribution in [0.5, 0.6) is 17.2 Å². The van der Waals surface area contributed by atoms with Crippen molar-refractivity contribution >= 4 is 63.8 Å². The lowest BCUT2D eigenvalue weighted by atomic mass is 10.1. The number of methoxy groups -OCH3 is 1. The van der Waals surface area contributed by atoms with Crippen molar-refractivity contribution in [3.05, 3.63) is 91.8 Å². The van der Waals surface area contributed by atoms with Gasteiger partial charge in [-0.2, -0.15) is 0 Å². The van der Waals surface area contributed by atoms with E-state index in [1.165, 1.54) is 7.11 Å². The van der Waals surface area contributed by atoms with Gasteiger partial charge in [-0.05, 0) is 59.8 Å². The van der Waals surface area contributed by atoms with E-state index in [-0.39, 0.29) is 30.9 Å². The van der Waals surface area contributed by atoms with E-state index in [4.69, 9.17) is 49.0 Å². The van der Waals surface area contributed by atoms with Crippen molar-refractivity contribution in [2.45, 2.75) is 6.61 Å². The Hall–Kier alpha value is -2.84. The van der Waals surface area contributed by atoms with E-state index in [0.717, 1.165) is 22.2 Å². The van der Waals surface area contributed by atoms with Gasteiger partial charge >= 0.3 is 0 Å². The molecular formula is C26H20Cl3NO5S. The van der Waals surface area contributed by atoms with Gasteiger partial charge < -0.3 is 14.2 Å². The zero-order valence-corrected chi connectivity index (χ0v) is 22.1. The summed E-state index contributed by atoms with van der Waals surface area (Å²) in [6.45, 7) is 0.423. The second-order valence-electron chi connectivity index (χ2n) is 7.55. The van der Waals surface area contributed by atoms with Crippen molar-refractivity contribution in [1.82, 2.24) is 4.90 Å². The molecule has 0 saturated carbocycles. The first-order valence-corrected chi connectivity index (χ1v) is 12.7. The fourth-order valence-corrected chi connectivity index (χ4v) is 4.86. The Morgan fingerprint density at radius 2 is 1.69 bits per heavy atom. The molecule has 1 heterocycles. The lowest BCUT2D eigenvalue weighted by Crippen LogP contribution is -2.32. The molecule has 10 heteroatoms. The van der Waals surface area contributed by atoms with E-state index in [0.29, 0.717) is 42.8 Å². The summed E-state index contributed by atoms with van der Waals surface area (Å²) in [5.41, 5.74) is 1.43. The third-order valence-electron chi connectivity index (χ3n) is 5.17. The lowest BCUT2D eigenvalue weighted by molar-refractivity contribution is -0.123. The average Bonchev–Trinajstić information content (AvgIpc) is 3.12. The van der Waals surface area contributed by atoms with E-state index in [1.54, 1.807) is 66.7 Å².